The van der Waals surface area contributed by atoms with Gasteiger partial charge in [-0.15, -0.1) is 47.0 Å². The average Bonchev–Trinajstić information content (AvgIpc) is 4.05. The monoisotopic (exact) mass is 1210 g/mol. The molecular weight excluding hydrogens is 1160 g/mol. The molecule has 0 bridgehead atoms. The second-order valence-corrected chi connectivity index (χ2v) is 23.4. The number of hydrogen-bond acceptors (Lipinski definition) is 9. The largest absolute Gasteiger partial charge is 0.301 e. The number of aromatic amines is 4. The minimum atomic E-state index is -0.126. The number of halogens is 8. The SMILES string of the molecule is C=C1C=C(CSc2cc(C)c(Cl)cc2Cl)N(C)N1C.Cc1cc(SCc2cc(=O)[nH][nH]2)c(Cl)cc1Cl.Cc1cc(SCc2cc(=O)[nH]n2C)c(Cl)cc1Cl.Cc1cc(SCc2cc(=O)n(C)[nH]2)c(Cl)cc1Cl. The number of nitrogens with one attached hydrogen (secondary N) is 4. The molecule has 0 saturated carbocycles. The zero-order chi connectivity index (χ0) is 53.1. The van der Waals surface area contributed by atoms with Crippen LogP contribution in [0.5, 0.6) is 0 Å². The zero-order valence-corrected chi connectivity index (χ0v) is 49.4. The molecule has 4 heterocycles. The lowest BCUT2D eigenvalue weighted by Gasteiger charge is -2.26. The molecule has 0 aliphatic carbocycles. The molecule has 0 fully saturated rings. The first-order chi connectivity index (χ1) is 33.9. The maximum absolute atomic E-state index is 11.3. The van der Waals surface area contributed by atoms with Gasteiger partial charge in [-0.25, -0.2) is 0 Å². The Hall–Kier alpha value is -3.29. The van der Waals surface area contributed by atoms with Crippen LogP contribution in [0.1, 0.15) is 39.3 Å². The second-order valence-electron chi connectivity index (χ2n) is 16.1. The first-order valence-corrected chi connectivity index (χ1v) is 28.3. The van der Waals surface area contributed by atoms with Gasteiger partial charge >= 0.3 is 0 Å². The number of aromatic nitrogens is 6. The molecule has 1 aliphatic rings. The van der Waals surface area contributed by atoms with Crippen molar-refractivity contribution in [2.75, 3.05) is 19.8 Å². The van der Waals surface area contributed by atoms with Gasteiger partial charge in [0.2, 0.25) is 0 Å². The minimum Gasteiger partial charge on any atom is -0.301 e. The number of rotatable bonds is 12. The normalized spacial score (nSPS) is 12.0. The Labute approximate surface area is 475 Å². The number of hydrazine groups is 1. The summed E-state index contributed by atoms with van der Waals surface area (Å²) < 4.78 is 3.16. The zero-order valence-electron chi connectivity index (χ0n) is 40.1. The molecule has 384 valence electrons. The molecule has 4 N–H and O–H groups in total. The van der Waals surface area contributed by atoms with Gasteiger partial charge in [0.15, 0.2) is 0 Å². The number of aryl methyl sites for hydroxylation is 6. The molecule has 0 amide bonds. The third kappa shape index (κ3) is 17.1. The number of hydrogen-bond donors (Lipinski definition) is 4. The van der Waals surface area contributed by atoms with Crippen LogP contribution in [0.3, 0.4) is 0 Å². The number of allylic oxidation sites excluding steroid dienone is 1. The van der Waals surface area contributed by atoms with Crippen LogP contribution in [0, 0.1) is 27.7 Å². The van der Waals surface area contributed by atoms with Gasteiger partial charge in [0, 0.05) is 126 Å². The Kier molecular flexibility index (Phi) is 22.7. The fourth-order valence-corrected chi connectivity index (χ4v) is 12.3. The summed E-state index contributed by atoms with van der Waals surface area (Å²) >= 11 is 54.9. The number of benzene rings is 4. The Balaban J connectivity index is 0.000000178. The topological polar surface area (TPSA) is 131 Å². The van der Waals surface area contributed by atoms with Crippen molar-refractivity contribution < 1.29 is 0 Å². The van der Waals surface area contributed by atoms with Gasteiger partial charge in [0.25, 0.3) is 16.7 Å². The highest BCUT2D eigenvalue weighted by atomic mass is 35.5. The summed E-state index contributed by atoms with van der Waals surface area (Å²) in [6.07, 6.45) is 2.09. The highest BCUT2D eigenvalue weighted by Gasteiger charge is 2.19. The van der Waals surface area contributed by atoms with Gasteiger partial charge < -0.3 is 5.10 Å². The van der Waals surface area contributed by atoms with Crippen molar-refractivity contribution in [1.82, 2.24) is 39.8 Å². The fourth-order valence-electron chi connectivity index (χ4n) is 6.21. The van der Waals surface area contributed by atoms with Gasteiger partial charge in [0.1, 0.15) is 0 Å². The van der Waals surface area contributed by atoms with E-state index in [1.54, 1.807) is 95.2 Å². The van der Waals surface area contributed by atoms with Crippen LogP contribution in [0.15, 0.2) is 125 Å². The van der Waals surface area contributed by atoms with E-state index in [1.807, 2.05) is 78.1 Å². The van der Waals surface area contributed by atoms with Crippen molar-refractivity contribution in [3.05, 3.63) is 201 Å². The van der Waals surface area contributed by atoms with Crippen LogP contribution in [0.2, 0.25) is 40.2 Å². The Bertz CT molecular complexity index is 3270. The fraction of sp³-hybridized carbons (Fsp3) is 0.245. The lowest BCUT2D eigenvalue weighted by molar-refractivity contribution is 0.135. The van der Waals surface area contributed by atoms with E-state index in [9.17, 15) is 14.4 Å². The van der Waals surface area contributed by atoms with Crippen LogP contribution in [0.25, 0.3) is 0 Å². The molecule has 0 atom stereocenters. The van der Waals surface area contributed by atoms with Crippen LogP contribution in [-0.4, -0.2) is 59.6 Å². The lowest BCUT2D eigenvalue weighted by atomic mass is 10.2. The van der Waals surface area contributed by atoms with E-state index in [2.05, 4.69) is 38.1 Å². The van der Waals surface area contributed by atoms with Crippen LogP contribution in [0.4, 0.5) is 0 Å². The van der Waals surface area contributed by atoms with Gasteiger partial charge in [-0.2, -0.15) is 0 Å². The number of likely N-dealkylation sites (N-methyl/N-ethyl adjacent to an activating group) is 1. The highest BCUT2D eigenvalue weighted by molar-refractivity contribution is 7.99. The second kappa shape index (κ2) is 27.5. The molecule has 0 radical (unpaired) electrons. The molecule has 0 spiro atoms. The van der Waals surface area contributed by atoms with E-state index in [0.29, 0.717) is 57.4 Å². The Morgan fingerprint density at radius 1 is 0.444 bits per heavy atom. The molecule has 11 nitrogen and oxygen atoms in total. The van der Waals surface area contributed by atoms with Gasteiger partial charge in [0.05, 0.1) is 31.5 Å². The smallest absolute Gasteiger partial charge is 0.266 e. The van der Waals surface area contributed by atoms with E-state index < -0.39 is 0 Å². The van der Waals surface area contributed by atoms with Crippen molar-refractivity contribution in [2.24, 2.45) is 14.1 Å². The standard InChI is InChI=1S/C14H16Cl2N2S.2C12H12Cl2N2OS.C11H10Cl2N2OS/c1-9-5-14(13(16)7-12(9)15)19-8-11-6-10(2)17(3)18(11)4;1-7-3-11(10(14)5-9(7)13)18-6-8-4-12(17)15-16(8)2;1-7-3-11(10(14)5-9(7)13)18-6-8-4-12(17)16(2)15-8;1-6-2-10(9(13)4-8(6)12)17-5-7-3-11(16)15-14-7/h5-7H,2,8H2,1,3-4H3;3-5H,6H2,1-2H3,(H,15,17);3-5,15H,6H2,1-2H3;2-4H,5H2,1H3,(H2,14,15,16). The van der Waals surface area contributed by atoms with E-state index >= 15 is 0 Å². The molecule has 23 heteroatoms. The maximum atomic E-state index is 11.3. The summed E-state index contributed by atoms with van der Waals surface area (Å²) in [5.74, 6) is 2.84. The Morgan fingerprint density at radius 2 is 0.861 bits per heavy atom. The molecule has 72 heavy (non-hydrogen) atoms. The van der Waals surface area contributed by atoms with E-state index in [1.165, 1.54) is 16.4 Å². The summed E-state index contributed by atoms with van der Waals surface area (Å²) in [4.78, 5) is 37.3. The molecule has 4 aromatic carbocycles. The first kappa shape index (κ1) is 59.6. The maximum Gasteiger partial charge on any atom is 0.266 e. The van der Waals surface area contributed by atoms with E-state index in [4.69, 9.17) is 92.8 Å². The van der Waals surface area contributed by atoms with E-state index in [0.717, 1.165) is 70.4 Å². The van der Waals surface area contributed by atoms with Gasteiger partial charge in [-0.1, -0.05) is 99.4 Å². The summed E-state index contributed by atoms with van der Waals surface area (Å²) in [7, 11) is 7.52. The molecule has 3 aromatic heterocycles. The van der Waals surface area contributed by atoms with Crippen molar-refractivity contribution in [1.29, 1.82) is 0 Å². The number of thioether (sulfide) groups is 4. The minimum absolute atomic E-state index is 0.0380. The third-order valence-electron chi connectivity index (χ3n) is 10.6. The predicted molar refractivity (Wildman–Crippen MR) is 310 cm³/mol. The highest BCUT2D eigenvalue weighted by Crippen LogP contribution is 2.37. The Morgan fingerprint density at radius 3 is 1.21 bits per heavy atom. The first-order valence-electron chi connectivity index (χ1n) is 21.4. The summed E-state index contributed by atoms with van der Waals surface area (Å²) in [5.41, 5.74) is 8.60. The van der Waals surface area contributed by atoms with Crippen molar-refractivity contribution in [3.63, 3.8) is 0 Å². The van der Waals surface area contributed by atoms with Crippen LogP contribution in [-0.2, 0) is 31.4 Å². The molecular formula is C49H50Cl8N8O3S4. The molecule has 8 rings (SSSR count). The molecule has 0 saturated heterocycles. The lowest BCUT2D eigenvalue weighted by Crippen LogP contribution is -2.29. The van der Waals surface area contributed by atoms with Crippen molar-refractivity contribution >= 4 is 140 Å². The molecule has 1 aliphatic heterocycles. The molecule has 7 aromatic rings. The number of H-pyrrole nitrogens is 4. The quantitative estimate of drug-likeness (QED) is 0.0884. The summed E-state index contributed by atoms with van der Waals surface area (Å²) in [6, 6.07) is 19.6. The summed E-state index contributed by atoms with van der Waals surface area (Å²) in [5, 5.41) is 20.3. The predicted octanol–water partition coefficient (Wildman–Crippen LogP) is 15.4. The van der Waals surface area contributed by atoms with Crippen molar-refractivity contribution in [2.45, 2.75) is 64.5 Å². The average molecular weight is 1210 g/mol. The van der Waals surface area contributed by atoms with Gasteiger partial charge in [-0.05, 0) is 105 Å². The van der Waals surface area contributed by atoms with Crippen molar-refractivity contribution in [3.8, 4) is 0 Å². The summed E-state index contributed by atoms with van der Waals surface area (Å²) in [6.45, 7) is 11.8. The van der Waals surface area contributed by atoms with Crippen LogP contribution >= 0.6 is 140 Å². The van der Waals surface area contributed by atoms with Gasteiger partial charge in [-0.3, -0.25) is 49.1 Å². The number of nitrogens with zero attached hydrogens (tertiary/aromatic N) is 4. The third-order valence-corrected chi connectivity index (χ3v) is 18.3. The molecule has 0 unspecified atom stereocenters. The van der Waals surface area contributed by atoms with Crippen LogP contribution < -0.4 is 16.7 Å². The van der Waals surface area contributed by atoms with E-state index in [-0.39, 0.29) is 16.7 Å².